The second kappa shape index (κ2) is 8.05. The zero-order valence-corrected chi connectivity index (χ0v) is 15.2. The molecule has 3 amide bonds. The van der Waals surface area contributed by atoms with Gasteiger partial charge in [-0.1, -0.05) is 17.7 Å². The van der Waals surface area contributed by atoms with Crippen molar-refractivity contribution >= 4 is 29.3 Å². The summed E-state index contributed by atoms with van der Waals surface area (Å²) in [6.07, 6.45) is 2.62. The fraction of sp³-hybridized carbons (Fsp3) is 0.500. The van der Waals surface area contributed by atoms with Crippen molar-refractivity contribution < 1.29 is 14.4 Å². The van der Waals surface area contributed by atoms with Gasteiger partial charge in [0.15, 0.2) is 0 Å². The van der Waals surface area contributed by atoms with Gasteiger partial charge in [-0.25, -0.2) is 0 Å². The molecule has 2 saturated heterocycles. The standard InChI is InChI=1S/C18H23ClN4O3/c19-12-5-3-4-11(8-12)16(24)21-13-9-15-17(25)22-14(6-1-2-7-20)18(26)23(15)10-13/h3-5,8,13-15H,1-2,6-7,9-10,20H2,(H,21,24)(H,22,25)/t13-,14-,15-/m0/s1. The van der Waals surface area contributed by atoms with E-state index < -0.39 is 12.1 Å². The van der Waals surface area contributed by atoms with Gasteiger partial charge >= 0.3 is 0 Å². The minimum Gasteiger partial charge on any atom is -0.347 e. The number of fused-ring (bicyclic) bond motifs is 1. The average molecular weight is 379 g/mol. The van der Waals surface area contributed by atoms with Crippen molar-refractivity contribution in [2.24, 2.45) is 5.73 Å². The van der Waals surface area contributed by atoms with E-state index in [1.807, 2.05) is 0 Å². The minimum absolute atomic E-state index is 0.0777. The van der Waals surface area contributed by atoms with Crippen molar-refractivity contribution in [1.29, 1.82) is 0 Å². The Morgan fingerprint density at radius 1 is 1.35 bits per heavy atom. The lowest BCUT2D eigenvalue weighted by atomic mass is 10.0. The zero-order valence-electron chi connectivity index (χ0n) is 14.4. The molecule has 26 heavy (non-hydrogen) atoms. The van der Waals surface area contributed by atoms with Gasteiger partial charge in [0.05, 0.1) is 0 Å². The van der Waals surface area contributed by atoms with E-state index in [-0.39, 0.29) is 23.8 Å². The highest BCUT2D eigenvalue weighted by atomic mass is 35.5. The first-order valence-corrected chi connectivity index (χ1v) is 9.24. The van der Waals surface area contributed by atoms with Gasteiger partial charge in [0.25, 0.3) is 5.91 Å². The predicted octanol–water partition coefficient (Wildman–Crippen LogP) is 0.667. The quantitative estimate of drug-likeness (QED) is 0.632. The molecule has 1 aromatic carbocycles. The molecular weight excluding hydrogens is 356 g/mol. The molecule has 0 aromatic heterocycles. The third-order valence-electron chi connectivity index (χ3n) is 4.87. The van der Waals surface area contributed by atoms with Crippen LogP contribution in [0.1, 0.15) is 36.0 Å². The first kappa shape index (κ1) is 18.7. The number of carbonyl (C=O) groups excluding carboxylic acids is 3. The number of carbonyl (C=O) groups is 3. The predicted molar refractivity (Wildman–Crippen MR) is 97.7 cm³/mol. The number of halogens is 1. The minimum atomic E-state index is -0.516. The summed E-state index contributed by atoms with van der Waals surface area (Å²) in [6, 6.07) is 5.40. The number of benzene rings is 1. The molecule has 8 heteroatoms. The largest absolute Gasteiger partial charge is 0.347 e. The number of nitrogens with one attached hydrogen (secondary N) is 2. The Morgan fingerprint density at radius 3 is 2.88 bits per heavy atom. The number of unbranched alkanes of at least 4 members (excludes halogenated alkanes) is 1. The fourth-order valence-electron chi connectivity index (χ4n) is 3.55. The average Bonchev–Trinajstić information content (AvgIpc) is 3.04. The first-order valence-electron chi connectivity index (χ1n) is 8.87. The van der Waals surface area contributed by atoms with E-state index in [2.05, 4.69) is 10.6 Å². The number of hydrogen-bond acceptors (Lipinski definition) is 4. The summed E-state index contributed by atoms with van der Waals surface area (Å²) in [4.78, 5) is 39.0. The van der Waals surface area contributed by atoms with Crippen molar-refractivity contribution in [3.8, 4) is 0 Å². The second-order valence-corrected chi connectivity index (χ2v) is 7.20. The molecule has 3 rings (SSSR count). The molecule has 2 heterocycles. The van der Waals surface area contributed by atoms with E-state index in [4.69, 9.17) is 17.3 Å². The molecule has 0 bridgehead atoms. The van der Waals surface area contributed by atoms with Crippen LogP contribution in [0.25, 0.3) is 0 Å². The topological polar surface area (TPSA) is 105 Å². The van der Waals surface area contributed by atoms with Crippen molar-refractivity contribution in [2.75, 3.05) is 13.1 Å². The van der Waals surface area contributed by atoms with Crippen LogP contribution in [-0.4, -0.2) is 53.8 Å². The van der Waals surface area contributed by atoms with Crippen LogP contribution < -0.4 is 16.4 Å². The van der Waals surface area contributed by atoms with Crippen LogP contribution in [0.4, 0.5) is 0 Å². The number of nitrogens with two attached hydrogens (primary N) is 1. The molecule has 4 N–H and O–H groups in total. The van der Waals surface area contributed by atoms with Gasteiger partial charge in [0.1, 0.15) is 12.1 Å². The van der Waals surface area contributed by atoms with Crippen molar-refractivity contribution in [3.05, 3.63) is 34.9 Å². The highest BCUT2D eigenvalue weighted by Gasteiger charge is 2.46. The van der Waals surface area contributed by atoms with Gasteiger partial charge in [-0.2, -0.15) is 0 Å². The summed E-state index contributed by atoms with van der Waals surface area (Å²) in [5.41, 5.74) is 5.94. The third kappa shape index (κ3) is 3.99. The van der Waals surface area contributed by atoms with E-state index in [1.165, 1.54) is 0 Å². The molecule has 3 atom stereocenters. The normalized spacial score (nSPS) is 25.0. The highest BCUT2D eigenvalue weighted by molar-refractivity contribution is 6.30. The summed E-state index contributed by atoms with van der Waals surface area (Å²) in [5, 5.41) is 6.19. The van der Waals surface area contributed by atoms with E-state index in [1.54, 1.807) is 29.2 Å². The molecule has 0 unspecified atom stereocenters. The van der Waals surface area contributed by atoms with Crippen molar-refractivity contribution in [3.63, 3.8) is 0 Å². The Kier molecular flexibility index (Phi) is 5.78. The Balaban J connectivity index is 1.62. The van der Waals surface area contributed by atoms with Gasteiger partial charge in [0.2, 0.25) is 11.8 Å². The zero-order chi connectivity index (χ0) is 18.7. The van der Waals surface area contributed by atoms with Crippen LogP contribution >= 0.6 is 11.6 Å². The van der Waals surface area contributed by atoms with Gasteiger partial charge in [-0.3, -0.25) is 14.4 Å². The van der Waals surface area contributed by atoms with Gasteiger partial charge in [-0.05, 0) is 50.4 Å². The first-order chi connectivity index (χ1) is 12.5. The maximum atomic E-state index is 12.6. The SMILES string of the molecule is NCCCC[C@@H]1NC(=O)[C@@H]2C[C@H](NC(=O)c3cccc(Cl)c3)CN2C1=O. The molecule has 0 saturated carbocycles. The van der Waals surface area contributed by atoms with Gasteiger partial charge < -0.3 is 21.3 Å². The molecule has 1 aromatic rings. The monoisotopic (exact) mass is 378 g/mol. The molecule has 2 fully saturated rings. The Labute approximate surface area is 157 Å². The lowest BCUT2D eigenvalue weighted by molar-refractivity contribution is -0.147. The van der Waals surface area contributed by atoms with Gasteiger partial charge in [0, 0.05) is 23.2 Å². The molecule has 7 nitrogen and oxygen atoms in total. The molecule has 0 spiro atoms. The third-order valence-corrected chi connectivity index (χ3v) is 5.11. The lowest BCUT2D eigenvalue weighted by Crippen LogP contribution is -2.61. The summed E-state index contributed by atoms with van der Waals surface area (Å²) in [5.74, 6) is -0.488. The maximum absolute atomic E-state index is 12.6. The van der Waals surface area contributed by atoms with Crippen molar-refractivity contribution in [2.45, 2.75) is 43.8 Å². The second-order valence-electron chi connectivity index (χ2n) is 6.77. The Morgan fingerprint density at radius 2 is 2.15 bits per heavy atom. The molecule has 0 radical (unpaired) electrons. The fourth-order valence-corrected chi connectivity index (χ4v) is 3.74. The van der Waals surface area contributed by atoms with Crippen LogP contribution in [0.3, 0.4) is 0 Å². The molecule has 140 valence electrons. The summed E-state index contributed by atoms with van der Waals surface area (Å²) < 4.78 is 0. The van der Waals surface area contributed by atoms with E-state index >= 15 is 0 Å². The molecule has 2 aliphatic rings. The van der Waals surface area contributed by atoms with E-state index in [0.29, 0.717) is 36.5 Å². The van der Waals surface area contributed by atoms with Crippen molar-refractivity contribution in [1.82, 2.24) is 15.5 Å². The van der Waals surface area contributed by atoms with Crippen LogP contribution in [-0.2, 0) is 9.59 Å². The number of piperazine rings is 1. The summed E-state index contributed by atoms with van der Waals surface area (Å²) >= 11 is 5.92. The number of rotatable bonds is 6. The molecular formula is C18H23ClN4O3. The number of amides is 3. The van der Waals surface area contributed by atoms with Crippen LogP contribution in [0, 0.1) is 0 Å². The Hall–Kier alpha value is -2.12. The maximum Gasteiger partial charge on any atom is 0.251 e. The lowest BCUT2D eigenvalue weighted by Gasteiger charge is -2.34. The van der Waals surface area contributed by atoms with Crippen LogP contribution in [0.2, 0.25) is 5.02 Å². The smallest absolute Gasteiger partial charge is 0.251 e. The van der Waals surface area contributed by atoms with Crippen LogP contribution in [0.15, 0.2) is 24.3 Å². The molecule has 0 aliphatic carbocycles. The van der Waals surface area contributed by atoms with Gasteiger partial charge in [-0.15, -0.1) is 0 Å². The highest BCUT2D eigenvalue weighted by Crippen LogP contribution is 2.24. The van der Waals surface area contributed by atoms with Crippen LogP contribution in [0.5, 0.6) is 0 Å². The van der Waals surface area contributed by atoms with E-state index in [9.17, 15) is 14.4 Å². The summed E-state index contributed by atoms with van der Waals surface area (Å²) in [6.45, 7) is 0.912. The Bertz CT molecular complexity index is 711. The number of nitrogens with zero attached hydrogens (tertiary/aromatic N) is 1. The van der Waals surface area contributed by atoms with E-state index in [0.717, 1.165) is 12.8 Å². The number of hydrogen-bond donors (Lipinski definition) is 3. The summed E-state index contributed by atoms with van der Waals surface area (Å²) in [7, 11) is 0. The molecule has 2 aliphatic heterocycles.